The van der Waals surface area contributed by atoms with Gasteiger partial charge in [0, 0.05) is 31.9 Å². The van der Waals surface area contributed by atoms with E-state index >= 15 is 0 Å². The van der Waals surface area contributed by atoms with Crippen LogP contribution in [0.3, 0.4) is 0 Å². The number of anilines is 1. The van der Waals surface area contributed by atoms with Gasteiger partial charge < -0.3 is 10.2 Å². The minimum Gasteiger partial charge on any atom is -0.367 e. The Morgan fingerprint density at radius 1 is 1.30 bits per heavy atom. The zero-order valence-electron chi connectivity index (χ0n) is 17.4. The second kappa shape index (κ2) is 7.63. The number of aromatic nitrogens is 4. The highest BCUT2D eigenvalue weighted by Crippen LogP contribution is 2.42. The van der Waals surface area contributed by atoms with E-state index in [1.54, 1.807) is 30.3 Å². The van der Waals surface area contributed by atoms with Crippen LogP contribution < -0.4 is 5.32 Å². The van der Waals surface area contributed by atoms with E-state index in [0.717, 1.165) is 17.5 Å². The fraction of sp³-hybridized carbons (Fsp3) is 0.650. The molecule has 1 amide bonds. The molecule has 0 aliphatic carbocycles. The van der Waals surface area contributed by atoms with E-state index < -0.39 is 12.2 Å². The van der Waals surface area contributed by atoms with Crippen LogP contribution in [0.25, 0.3) is 0 Å². The van der Waals surface area contributed by atoms with Gasteiger partial charge in [0.1, 0.15) is 11.5 Å². The molecule has 2 aromatic heterocycles. The normalized spacial score (nSPS) is 24.6. The summed E-state index contributed by atoms with van der Waals surface area (Å²) in [6, 6.07) is 1.03. The smallest absolute Gasteiger partial charge is 0.367 e. The summed E-state index contributed by atoms with van der Waals surface area (Å²) in [5.74, 6) is 0.251. The minimum atomic E-state index is -4.38. The molecule has 0 unspecified atom stereocenters. The standard InChI is InChI=1S/C20H27F3N6O/c1-12(2)13-10-17(20(21,22)23)29-18(25-13)11-14(26-29)15-6-4-5-9-28(15)19(30)16-7-8-24-27(16)3/h7-8,11-13,15,17,25H,4-6,9-10H2,1-3H3/t13-,15+,17+/m0/s1. The van der Waals surface area contributed by atoms with Gasteiger partial charge in [0.05, 0.1) is 11.7 Å². The first kappa shape index (κ1) is 20.7. The highest BCUT2D eigenvalue weighted by Gasteiger charge is 2.47. The fourth-order valence-corrected chi connectivity index (χ4v) is 4.43. The van der Waals surface area contributed by atoms with Gasteiger partial charge in [-0.25, -0.2) is 4.68 Å². The molecule has 1 N–H and O–H groups in total. The number of fused-ring (bicyclic) bond motifs is 1. The van der Waals surface area contributed by atoms with Crippen LogP contribution in [-0.2, 0) is 7.05 Å². The van der Waals surface area contributed by atoms with Crippen molar-refractivity contribution in [2.24, 2.45) is 13.0 Å². The summed E-state index contributed by atoms with van der Waals surface area (Å²) in [7, 11) is 1.70. The van der Waals surface area contributed by atoms with E-state index in [1.165, 1.54) is 4.68 Å². The summed E-state index contributed by atoms with van der Waals surface area (Å²) in [5, 5.41) is 11.7. The molecule has 0 bridgehead atoms. The van der Waals surface area contributed by atoms with Gasteiger partial charge in [0.2, 0.25) is 0 Å². The first-order valence-electron chi connectivity index (χ1n) is 10.4. The van der Waals surface area contributed by atoms with Gasteiger partial charge in [-0.1, -0.05) is 13.8 Å². The van der Waals surface area contributed by atoms with Crippen molar-refractivity contribution in [2.75, 3.05) is 11.9 Å². The third kappa shape index (κ3) is 3.67. The SMILES string of the molecule is CC(C)[C@@H]1C[C@H](C(F)(F)F)n2nc([C@H]3CCCCN3C(=O)c3ccnn3C)cc2N1. The van der Waals surface area contributed by atoms with Crippen molar-refractivity contribution in [3.63, 3.8) is 0 Å². The number of aryl methyl sites for hydroxylation is 1. The van der Waals surface area contributed by atoms with Crippen molar-refractivity contribution < 1.29 is 18.0 Å². The minimum absolute atomic E-state index is 0.0551. The van der Waals surface area contributed by atoms with E-state index in [1.807, 2.05) is 13.8 Å². The first-order chi connectivity index (χ1) is 14.2. The number of carbonyl (C=O) groups is 1. The lowest BCUT2D eigenvalue weighted by atomic mass is 9.94. The number of amides is 1. The molecule has 7 nitrogen and oxygen atoms in total. The summed E-state index contributed by atoms with van der Waals surface area (Å²) in [6.45, 7) is 4.36. The van der Waals surface area contributed by atoms with E-state index in [4.69, 9.17) is 0 Å². The average Bonchev–Trinajstić information content (AvgIpc) is 3.31. The van der Waals surface area contributed by atoms with E-state index in [0.29, 0.717) is 30.2 Å². The molecule has 1 saturated heterocycles. The predicted molar refractivity (Wildman–Crippen MR) is 105 cm³/mol. The number of carbonyl (C=O) groups excluding carboxylic acids is 1. The molecule has 0 saturated carbocycles. The van der Waals surface area contributed by atoms with Gasteiger partial charge in [-0.2, -0.15) is 23.4 Å². The topological polar surface area (TPSA) is 68.0 Å². The fourth-order valence-electron chi connectivity index (χ4n) is 4.43. The number of hydrogen-bond donors (Lipinski definition) is 1. The van der Waals surface area contributed by atoms with Crippen LogP contribution in [0.15, 0.2) is 18.3 Å². The van der Waals surface area contributed by atoms with Gasteiger partial charge in [-0.3, -0.25) is 9.48 Å². The van der Waals surface area contributed by atoms with Crippen molar-refractivity contribution in [3.05, 3.63) is 29.7 Å². The van der Waals surface area contributed by atoms with Crippen LogP contribution >= 0.6 is 0 Å². The summed E-state index contributed by atoms with van der Waals surface area (Å²) in [5.41, 5.74) is 0.961. The number of hydrogen-bond acceptors (Lipinski definition) is 4. The largest absolute Gasteiger partial charge is 0.410 e. The Morgan fingerprint density at radius 3 is 2.70 bits per heavy atom. The molecular formula is C20H27F3N6O. The third-order valence-electron chi connectivity index (χ3n) is 6.19. The molecule has 4 rings (SSSR count). The maximum Gasteiger partial charge on any atom is 0.410 e. The van der Waals surface area contributed by atoms with Crippen LogP contribution in [0.4, 0.5) is 19.0 Å². The lowest BCUT2D eigenvalue weighted by Gasteiger charge is -2.35. The summed E-state index contributed by atoms with van der Waals surface area (Å²) < 4.78 is 43.9. The summed E-state index contributed by atoms with van der Waals surface area (Å²) in [4.78, 5) is 14.8. The molecule has 1 fully saturated rings. The highest BCUT2D eigenvalue weighted by molar-refractivity contribution is 5.92. The molecular weight excluding hydrogens is 397 g/mol. The van der Waals surface area contributed by atoms with Gasteiger partial charge in [-0.15, -0.1) is 0 Å². The van der Waals surface area contributed by atoms with Crippen molar-refractivity contribution >= 4 is 11.7 Å². The summed E-state index contributed by atoms with van der Waals surface area (Å²) >= 11 is 0. The monoisotopic (exact) mass is 424 g/mol. The Balaban J connectivity index is 1.68. The van der Waals surface area contributed by atoms with Gasteiger partial charge in [0.25, 0.3) is 5.91 Å². The van der Waals surface area contributed by atoms with Crippen molar-refractivity contribution in [3.8, 4) is 0 Å². The third-order valence-corrected chi connectivity index (χ3v) is 6.19. The second-order valence-corrected chi connectivity index (χ2v) is 8.54. The van der Waals surface area contributed by atoms with Crippen LogP contribution in [0.2, 0.25) is 0 Å². The summed E-state index contributed by atoms with van der Waals surface area (Å²) in [6.07, 6.45) is -0.462. The van der Waals surface area contributed by atoms with Crippen LogP contribution in [0.5, 0.6) is 0 Å². The van der Waals surface area contributed by atoms with Crippen LogP contribution in [0, 0.1) is 5.92 Å². The quantitative estimate of drug-likeness (QED) is 0.811. The average molecular weight is 424 g/mol. The molecule has 4 heterocycles. The van der Waals surface area contributed by atoms with E-state index in [-0.39, 0.29) is 30.3 Å². The number of halogens is 3. The Kier molecular flexibility index (Phi) is 5.27. The molecule has 10 heteroatoms. The predicted octanol–water partition coefficient (Wildman–Crippen LogP) is 3.93. The second-order valence-electron chi connectivity index (χ2n) is 8.54. The maximum atomic E-state index is 13.8. The van der Waals surface area contributed by atoms with Gasteiger partial charge >= 0.3 is 6.18 Å². The van der Waals surface area contributed by atoms with Crippen LogP contribution in [0.1, 0.15) is 67.8 Å². The van der Waals surface area contributed by atoms with E-state index in [2.05, 4.69) is 15.5 Å². The van der Waals surface area contributed by atoms with E-state index in [9.17, 15) is 18.0 Å². The Labute approximate surface area is 173 Å². The molecule has 2 aliphatic heterocycles. The molecule has 2 aromatic rings. The molecule has 0 radical (unpaired) electrons. The van der Waals surface area contributed by atoms with Gasteiger partial charge in [-0.05, 0) is 37.7 Å². The zero-order chi connectivity index (χ0) is 21.6. The van der Waals surface area contributed by atoms with Crippen molar-refractivity contribution in [2.45, 2.75) is 63.8 Å². The lowest BCUT2D eigenvalue weighted by Crippen LogP contribution is -2.41. The lowest BCUT2D eigenvalue weighted by molar-refractivity contribution is -0.174. The number of piperidine rings is 1. The highest BCUT2D eigenvalue weighted by atomic mass is 19.4. The molecule has 0 spiro atoms. The Bertz CT molecular complexity index is 918. The first-order valence-corrected chi connectivity index (χ1v) is 10.4. The number of nitrogens with zero attached hydrogens (tertiary/aromatic N) is 5. The molecule has 3 atom stereocenters. The number of nitrogens with one attached hydrogen (secondary N) is 1. The molecule has 0 aromatic carbocycles. The number of likely N-dealkylation sites (tertiary alicyclic amines) is 1. The Morgan fingerprint density at radius 2 is 2.07 bits per heavy atom. The maximum absolute atomic E-state index is 13.8. The van der Waals surface area contributed by atoms with Crippen molar-refractivity contribution in [1.29, 1.82) is 0 Å². The number of rotatable bonds is 3. The van der Waals surface area contributed by atoms with Crippen LogP contribution in [-0.4, -0.2) is 49.1 Å². The molecule has 2 aliphatic rings. The Hall–Kier alpha value is -2.52. The molecule has 164 valence electrons. The number of alkyl halides is 3. The van der Waals surface area contributed by atoms with Crippen molar-refractivity contribution in [1.82, 2.24) is 24.5 Å². The zero-order valence-corrected chi connectivity index (χ0v) is 17.4. The molecule has 30 heavy (non-hydrogen) atoms. The van der Waals surface area contributed by atoms with Gasteiger partial charge in [0.15, 0.2) is 6.04 Å².